The fraction of sp³-hybridized carbons (Fsp3) is 0.115. The lowest BCUT2D eigenvalue weighted by Crippen LogP contribution is -2.35. The van der Waals surface area contributed by atoms with Gasteiger partial charge in [-0.25, -0.2) is 0 Å². The number of aromatic amines is 1. The number of para-hydroxylation sites is 2. The van der Waals surface area contributed by atoms with Crippen molar-refractivity contribution in [2.75, 3.05) is 14.2 Å². The smallest absolute Gasteiger partial charge is 0.384 e. The topological polar surface area (TPSA) is 120 Å². The Hall–Kier alpha value is -4.21. The van der Waals surface area contributed by atoms with E-state index in [0.29, 0.717) is 28.1 Å². The molecule has 3 heterocycles. The lowest BCUT2D eigenvalue weighted by Gasteiger charge is -2.12. The van der Waals surface area contributed by atoms with Crippen LogP contribution in [0.15, 0.2) is 76.5 Å². The number of hydrogen-bond acceptors (Lipinski definition) is 7. The first-order valence-corrected chi connectivity index (χ1v) is 11.5. The van der Waals surface area contributed by atoms with Gasteiger partial charge in [-0.05, 0) is 47.7 Å². The van der Waals surface area contributed by atoms with E-state index in [0.717, 1.165) is 20.6 Å². The Bertz CT molecular complexity index is 1790. The number of aromatic hydroxyl groups is 1. The molecule has 0 aliphatic carbocycles. The number of nitrogens with one attached hydrogen (secondary N) is 1. The summed E-state index contributed by atoms with van der Waals surface area (Å²) in [6.07, 6.45) is 0. The summed E-state index contributed by atoms with van der Waals surface area (Å²) < 4.78 is 13.9. The maximum Gasteiger partial charge on any atom is 0.384 e. The molecule has 0 saturated carbocycles. The van der Waals surface area contributed by atoms with Gasteiger partial charge in [-0.15, -0.1) is 0 Å². The van der Waals surface area contributed by atoms with Crippen LogP contribution in [0.5, 0.6) is 17.2 Å². The van der Waals surface area contributed by atoms with E-state index in [9.17, 15) is 9.90 Å². The van der Waals surface area contributed by atoms with Gasteiger partial charge in [0, 0.05) is 10.9 Å². The Labute approximate surface area is 203 Å². The molecule has 0 fully saturated rings. The van der Waals surface area contributed by atoms with E-state index >= 15 is 0 Å². The van der Waals surface area contributed by atoms with Crippen molar-refractivity contribution in [3.8, 4) is 17.2 Å². The first-order valence-electron chi connectivity index (χ1n) is 10.7. The molecule has 9 heteroatoms. The van der Waals surface area contributed by atoms with Crippen molar-refractivity contribution < 1.29 is 24.3 Å². The lowest BCUT2D eigenvalue weighted by molar-refractivity contribution is -0.498. The fourth-order valence-electron chi connectivity index (χ4n) is 4.55. The third kappa shape index (κ3) is 3.36. The number of benzene rings is 3. The van der Waals surface area contributed by atoms with E-state index in [-0.39, 0.29) is 22.3 Å². The predicted octanol–water partition coefficient (Wildman–Crippen LogP) is 3.38. The van der Waals surface area contributed by atoms with Gasteiger partial charge in [-0.2, -0.15) is 4.24 Å². The number of rotatable bonds is 4. The summed E-state index contributed by atoms with van der Waals surface area (Å²) in [4.78, 5) is 22.1. The zero-order chi connectivity index (χ0) is 23.4. The van der Waals surface area contributed by atoms with E-state index in [2.05, 4.69) is 4.98 Å². The number of aromatic nitrogens is 2. The molecule has 2 aromatic heterocycles. The average molecular weight is 488 g/mol. The van der Waals surface area contributed by atoms with Gasteiger partial charge in [0.25, 0.3) is 5.56 Å². The minimum absolute atomic E-state index is 0. The Morgan fingerprint density at radius 2 is 1.74 bits per heavy atom. The molecular formula is C26H21N3O5S. The molecule has 1 atom stereocenters. The number of fused-ring (bicyclic) bond motifs is 4. The maximum absolute atomic E-state index is 13.4. The second kappa shape index (κ2) is 8.53. The Balaban J connectivity index is 0.00000253. The van der Waals surface area contributed by atoms with Crippen molar-refractivity contribution in [1.29, 1.82) is 0 Å². The van der Waals surface area contributed by atoms with Crippen LogP contribution in [0.1, 0.15) is 17.2 Å². The van der Waals surface area contributed by atoms with Gasteiger partial charge in [0.2, 0.25) is 6.04 Å². The van der Waals surface area contributed by atoms with Crippen LogP contribution in [0.4, 0.5) is 0 Å². The molecule has 1 aliphatic rings. The lowest BCUT2D eigenvalue weighted by atomic mass is 9.96. The van der Waals surface area contributed by atoms with Crippen LogP contribution in [-0.2, 0) is 0 Å². The first kappa shape index (κ1) is 22.6. The van der Waals surface area contributed by atoms with Crippen LogP contribution in [0.2, 0.25) is 0 Å². The van der Waals surface area contributed by atoms with Gasteiger partial charge < -0.3 is 25.0 Å². The van der Waals surface area contributed by atoms with E-state index < -0.39 is 6.04 Å². The SMILES string of the molecule is COc1ccc(C2N=c3sc4ccccc4[n+]3=C2c2c(O)c3ccccc3[nH]c2=O)cc1OC.[OH-]. The average Bonchev–Trinajstić information content (AvgIpc) is 3.40. The van der Waals surface area contributed by atoms with Crippen molar-refractivity contribution in [1.82, 2.24) is 4.98 Å². The van der Waals surface area contributed by atoms with Crippen molar-refractivity contribution in [3.63, 3.8) is 0 Å². The van der Waals surface area contributed by atoms with Crippen LogP contribution in [0.3, 0.4) is 0 Å². The largest absolute Gasteiger partial charge is 0.870 e. The van der Waals surface area contributed by atoms with E-state index in [4.69, 9.17) is 14.5 Å². The molecule has 1 unspecified atom stereocenters. The van der Waals surface area contributed by atoms with Gasteiger partial charge in [-0.3, -0.25) is 4.79 Å². The highest BCUT2D eigenvalue weighted by molar-refractivity contribution is 7.15. The summed E-state index contributed by atoms with van der Waals surface area (Å²) >= 11 is 1.54. The van der Waals surface area contributed by atoms with Crippen LogP contribution >= 0.6 is 11.3 Å². The summed E-state index contributed by atoms with van der Waals surface area (Å²) in [6, 6.07) is 20.2. The van der Waals surface area contributed by atoms with Gasteiger partial charge in [0.05, 0.1) is 24.4 Å². The summed E-state index contributed by atoms with van der Waals surface area (Å²) in [7, 11) is 3.16. The van der Waals surface area contributed by atoms with Gasteiger partial charge in [-0.1, -0.05) is 35.3 Å². The van der Waals surface area contributed by atoms with Gasteiger partial charge >= 0.3 is 4.80 Å². The predicted molar refractivity (Wildman–Crippen MR) is 131 cm³/mol. The molecule has 6 rings (SSSR count). The third-order valence-electron chi connectivity index (χ3n) is 6.11. The Kier molecular flexibility index (Phi) is 5.50. The molecule has 5 aromatic rings. The van der Waals surface area contributed by atoms with Crippen LogP contribution in [-0.4, -0.2) is 29.8 Å². The van der Waals surface area contributed by atoms with E-state index in [1.54, 1.807) is 37.7 Å². The van der Waals surface area contributed by atoms with Crippen LogP contribution in [0, 0.1) is 5.71 Å². The molecule has 3 N–H and O–H groups in total. The number of thiazole rings is 1. The molecule has 0 bridgehead atoms. The third-order valence-corrected chi connectivity index (χ3v) is 7.15. The highest BCUT2D eigenvalue weighted by Crippen LogP contribution is 2.38. The number of pyridine rings is 1. The highest BCUT2D eigenvalue weighted by Gasteiger charge is 2.39. The normalized spacial score (nSPS) is 14.5. The van der Waals surface area contributed by atoms with Crippen molar-refractivity contribution in [2.45, 2.75) is 6.04 Å². The van der Waals surface area contributed by atoms with Crippen LogP contribution in [0.25, 0.3) is 21.1 Å². The summed E-state index contributed by atoms with van der Waals surface area (Å²) in [5, 5.41) is 11.9. The molecule has 0 spiro atoms. The number of ether oxygens (including phenoxy) is 2. The summed E-state index contributed by atoms with van der Waals surface area (Å²) in [5.74, 6) is 1.10. The van der Waals surface area contributed by atoms with Gasteiger partial charge in [0.1, 0.15) is 11.3 Å². The highest BCUT2D eigenvalue weighted by atomic mass is 32.1. The standard InChI is InChI=1S/C26H19N3O4S.H2O/c1-32-18-12-11-14(13-19(18)33-2)22-23(29-17-9-5-6-10-20(17)34-26(29)28-22)21-24(30)15-7-3-4-8-16(15)27-25(21)31;/h3-13,22H,1-2H3,(H,27,30,31);1H2. The molecular weight excluding hydrogens is 466 g/mol. The van der Waals surface area contributed by atoms with Crippen molar-refractivity contribution >= 4 is 32.5 Å². The van der Waals surface area contributed by atoms with Crippen LogP contribution < -0.4 is 24.1 Å². The quantitative estimate of drug-likeness (QED) is 0.377. The second-order valence-electron chi connectivity index (χ2n) is 7.94. The summed E-state index contributed by atoms with van der Waals surface area (Å²) in [5.41, 5.74) is 2.75. The van der Waals surface area contributed by atoms with Crippen molar-refractivity contribution in [3.05, 3.63) is 98.7 Å². The second-order valence-corrected chi connectivity index (χ2v) is 8.95. The molecule has 0 saturated heterocycles. The number of hydrogen-bond donors (Lipinski definition) is 2. The molecule has 0 amide bonds. The van der Waals surface area contributed by atoms with Crippen molar-refractivity contribution in [2.24, 2.45) is 4.99 Å². The molecule has 3 aromatic carbocycles. The Morgan fingerprint density at radius 3 is 2.54 bits per heavy atom. The number of nitrogens with zero attached hydrogens (tertiary/aromatic N) is 2. The van der Waals surface area contributed by atoms with Gasteiger partial charge in [0.15, 0.2) is 22.7 Å². The monoisotopic (exact) mass is 487 g/mol. The summed E-state index contributed by atoms with van der Waals surface area (Å²) in [6.45, 7) is 0. The zero-order valence-corrected chi connectivity index (χ0v) is 19.7. The molecule has 8 nitrogen and oxygen atoms in total. The molecule has 1 aliphatic heterocycles. The van der Waals surface area contributed by atoms with E-state index in [1.165, 1.54) is 0 Å². The minimum atomic E-state index is -0.524. The first-order chi connectivity index (χ1) is 16.6. The molecule has 35 heavy (non-hydrogen) atoms. The Morgan fingerprint density at radius 1 is 1.00 bits per heavy atom. The molecule has 0 radical (unpaired) electrons. The number of methoxy groups -OCH3 is 2. The molecule has 176 valence electrons. The van der Waals surface area contributed by atoms with E-state index in [1.807, 2.05) is 58.8 Å². The fourth-order valence-corrected chi connectivity index (χ4v) is 5.61. The maximum atomic E-state index is 13.4. The number of H-pyrrole nitrogens is 1. The minimum Gasteiger partial charge on any atom is -0.870 e. The zero-order valence-electron chi connectivity index (χ0n) is 18.9.